The first-order valence-corrected chi connectivity index (χ1v) is 5.83. The molecule has 0 aliphatic carbocycles. The second-order valence-corrected chi connectivity index (χ2v) is 4.51. The third kappa shape index (κ3) is 1.72. The number of hydrogen-bond acceptors (Lipinski definition) is 3. The Kier molecular flexibility index (Phi) is 2.30. The fraction of sp³-hybridized carbons (Fsp3) is 0.143. The normalized spacial score (nSPS) is 11.0. The topological polar surface area (TPSA) is 67.6 Å². The molecule has 0 saturated heterocycles. The Labute approximate surface area is 105 Å². The van der Waals surface area contributed by atoms with E-state index in [2.05, 4.69) is 47.0 Å². The van der Waals surface area contributed by atoms with E-state index in [0.717, 1.165) is 16.9 Å². The van der Waals surface area contributed by atoms with E-state index in [1.54, 1.807) is 6.07 Å². The summed E-state index contributed by atoms with van der Waals surface area (Å²) in [6.07, 6.45) is 0. The first-order chi connectivity index (χ1) is 8.63. The maximum atomic E-state index is 5.66. The average Bonchev–Trinajstić information content (AvgIpc) is 2.71. The minimum absolute atomic E-state index is 0.487. The summed E-state index contributed by atoms with van der Waals surface area (Å²) in [6, 6.07) is 9.97. The zero-order chi connectivity index (χ0) is 12.7. The second-order valence-electron chi connectivity index (χ2n) is 4.51. The minimum Gasteiger partial charge on any atom is -0.384 e. The smallest absolute Gasteiger partial charge is 0.180 e. The highest BCUT2D eigenvalue weighted by Crippen LogP contribution is 2.23. The molecule has 3 rings (SSSR count). The van der Waals surface area contributed by atoms with Crippen LogP contribution in [0.3, 0.4) is 0 Å². The number of H-pyrrole nitrogens is 1. The Bertz CT molecular complexity index is 728. The standard InChI is InChI=1S/C14H14N4/c1-8-3-4-10(9(2)7-8)13-16-11-5-6-12(15)17-14(11)18-13/h3-7H,1-2H3,(H3,15,16,17,18). The minimum atomic E-state index is 0.487. The monoisotopic (exact) mass is 238 g/mol. The predicted molar refractivity (Wildman–Crippen MR) is 73.2 cm³/mol. The molecule has 3 N–H and O–H groups in total. The lowest BCUT2D eigenvalue weighted by atomic mass is 10.1. The van der Waals surface area contributed by atoms with E-state index in [-0.39, 0.29) is 0 Å². The number of nitrogen functional groups attached to an aromatic ring is 1. The maximum absolute atomic E-state index is 5.66. The van der Waals surface area contributed by atoms with Crippen molar-refractivity contribution in [1.82, 2.24) is 15.0 Å². The highest BCUT2D eigenvalue weighted by Gasteiger charge is 2.08. The van der Waals surface area contributed by atoms with Crippen molar-refractivity contribution < 1.29 is 0 Å². The molecular formula is C14H14N4. The maximum Gasteiger partial charge on any atom is 0.180 e. The Morgan fingerprint density at radius 3 is 2.67 bits per heavy atom. The highest BCUT2D eigenvalue weighted by atomic mass is 15.0. The summed E-state index contributed by atoms with van der Waals surface area (Å²) in [5.41, 5.74) is 10.8. The average molecular weight is 238 g/mol. The number of imidazole rings is 1. The van der Waals surface area contributed by atoms with Crippen LogP contribution in [-0.2, 0) is 0 Å². The molecular weight excluding hydrogens is 224 g/mol. The summed E-state index contributed by atoms with van der Waals surface area (Å²) >= 11 is 0. The van der Waals surface area contributed by atoms with Crippen LogP contribution in [0, 0.1) is 13.8 Å². The largest absolute Gasteiger partial charge is 0.384 e. The Morgan fingerprint density at radius 2 is 1.89 bits per heavy atom. The number of nitrogens with one attached hydrogen (secondary N) is 1. The lowest BCUT2D eigenvalue weighted by molar-refractivity contribution is 1.28. The van der Waals surface area contributed by atoms with Gasteiger partial charge >= 0.3 is 0 Å². The van der Waals surface area contributed by atoms with E-state index in [1.165, 1.54) is 11.1 Å². The first-order valence-electron chi connectivity index (χ1n) is 5.83. The molecule has 4 nitrogen and oxygen atoms in total. The molecule has 0 aliphatic rings. The molecule has 0 fully saturated rings. The number of pyridine rings is 1. The molecule has 90 valence electrons. The van der Waals surface area contributed by atoms with Gasteiger partial charge in [0.15, 0.2) is 5.65 Å². The number of aromatic amines is 1. The van der Waals surface area contributed by atoms with Crippen molar-refractivity contribution in [2.24, 2.45) is 0 Å². The van der Waals surface area contributed by atoms with Crippen LogP contribution >= 0.6 is 0 Å². The molecule has 2 aromatic heterocycles. The molecule has 0 aliphatic heterocycles. The number of nitrogens with zero attached hydrogens (tertiary/aromatic N) is 2. The molecule has 0 atom stereocenters. The van der Waals surface area contributed by atoms with Crippen LogP contribution in [0.5, 0.6) is 0 Å². The highest BCUT2D eigenvalue weighted by molar-refractivity contribution is 5.78. The molecule has 3 aromatic rings. The number of aromatic nitrogens is 3. The van der Waals surface area contributed by atoms with Crippen LogP contribution in [0.25, 0.3) is 22.6 Å². The lowest BCUT2D eigenvalue weighted by Gasteiger charge is -2.02. The number of benzene rings is 1. The van der Waals surface area contributed by atoms with Gasteiger partial charge < -0.3 is 10.7 Å². The number of fused-ring (bicyclic) bond motifs is 1. The van der Waals surface area contributed by atoms with Gasteiger partial charge in [0, 0.05) is 5.56 Å². The zero-order valence-corrected chi connectivity index (χ0v) is 10.4. The van der Waals surface area contributed by atoms with E-state index in [4.69, 9.17) is 5.73 Å². The van der Waals surface area contributed by atoms with Gasteiger partial charge in [-0.05, 0) is 31.5 Å². The quantitative estimate of drug-likeness (QED) is 0.685. The Morgan fingerprint density at radius 1 is 1.06 bits per heavy atom. The zero-order valence-electron chi connectivity index (χ0n) is 10.4. The van der Waals surface area contributed by atoms with Gasteiger partial charge in [-0.2, -0.15) is 0 Å². The summed E-state index contributed by atoms with van der Waals surface area (Å²) in [5, 5.41) is 0. The molecule has 2 heterocycles. The van der Waals surface area contributed by atoms with Crippen molar-refractivity contribution >= 4 is 17.0 Å². The molecule has 0 spiro atoms. The van der Waals surface area contributed by atoms with Crippen LogP contribution < -0.4 is 5.73 Å². The predicted octanol–water partition coefficient (Wildman–Crippen LogP) is 2.82. The van der Waals surface area contributed by atoms with Crippen LogP contribution in [0.4, 0.5) is 5.82 Å². The van der Waals surface area contributed by atoms with Gasteiger partial charge in [0.1, 0.15) is 11.6 Å². The van der Waals surface area contributed by atoms with Crippen molar-refractivity contribution in [2.45, 2.75) is 13.8 Å². The number of anilines is 1. The van der Waals surface area contributed by atoms with Gasteiger partial charge in [0.2, 0.25) is 0 Å². The Hall–Kier alpha value is -2.36. The first kappa shape index (κ1) is 10.8. The van der Waals surface area contributed by atoms with Gasteiger partial charge in [-0.3, -0.25) is 0 Å². The molecule has 1 aromatic carbocycles. The van der Waals surface area contributed by atoms with Crippen molar-refractivity contribution in [3.05, 3.63) is 41.5 Å². The van der Waals surface area contributed by atoms with E-state index in [1.807, 2.05) is 6.07 Å². The summed E-state index contributed by atoms with van der Waals surface area (Å²) in [4.78, 5) is 12.0. The van der Waals surface area contributed by atoms with E-state index >= 15 is 0 Å². The van der Waals surface area contributed by atoms with Crippen LogP contribution in [0.1, 0.15) is 11.1 Å². The third-order valence-electron chi connectivity index (χ3n) is 3.00. The third-order valence-corrected chi connectivity index (χ3v) is 3.00. The number of aryl methyl sites for hydroxylation is 2. The van der Waals surface area contributed by atoms with Crippen molar-refractivity contribution in [3.63, 3.8) is 0 Å². The summed E-state index contributed by atoms with van der Waals surface area (Å²) < 4.78 is 0. The lowest BCUT2D eigenvalue weighted by Crippen LogP contribution is -1.88. The summed E-state index contributed by atoms with van der Waals surface area (Å²) in [6.45, 7) is 4.16. The second kappa shape index (κ2) is 3.84. The van der Waals surface area contributed by atoms with Crippen LogP contribution in [0.15, 0.2) is 30.3 Å². The van der Waals surface area contributed by atoms with Gasteiger partial charge in [0.25, 0.3) is 0 Å². The molecule has 0 saturated carbocycles. The van der Waals surface area contributed by atoms with Gasteiger partial charge in [-0.15, -0.1) is 0 Å². The number of hydrogen-bond donors (Lipinski definition) is 2. The fourth-order valence-corrected chi connectivity index (χ4v) is 2.11. The summed E-state index contributed by atoms with van der Waals surface area (Å²) in [5.74, 6) is 1.32. The van der Waals surface area contributed by atoms with E-state index in [0.29, 0.717) is 11.5 Å². The number of rotatable bonds is 1. The van der Waals surface area contributed by atoms with Gasteiger partial charge in [-0.1, -0.05) is 23.8 Å². The number of nitrogens with two attached hydrogens (primary N) is 1. The van der Waals surface area contributed by atoms with Crippen molar-refractivity contribution in [3.8, 4) is 11.4 Å². The van der Waals surface area contributed by atoms with Crippen LogP contribution in [0.2, 0.25) is 0 Å². The van der Waals surface area contributed by atoms with Crippen molar-refractivity contribution in [1.29, 1.82) is 0 Å². The SMILES string of the molecule is Cc1ccc(-c2nc3nc(N)ccc3[nH]2)c(C)c1. The molecule has 18 heavy (non-hydrogen) atoms. The molecule has 0 unspecified atom stereocenters. The fourth-order valence-electron chi connectivity index (χ4n) is 2.11. The van der Waals surface area contributed by atoms with E-state index < -0.39 is 0 Å². The van der Waals surface area contributed by atoms with E-state index in [9.17, 15) is 0 Å². The molecule has 0 amide bonds. The van der Waals surface area contributed by atoms with Crippen molar-refractivity contribution in [2.75, 3.05) is 5.73 Å². The summed E-state index contributed by atoms with van der Waals surface area (Å²) in [7, 11) is 0. The molecule has 0 bridgehead atoms. The van der Waals surface area contributed by atoms with Gasteiger partial charge in [-0.25, -0.2) is 9.97 Å². The van der Waals surface area contributed by atoms with Crippen LogP contribution in [-0.4, -0.2) is 15.0 Å². The van der Waals surface area contributed by atoms with Gasteiger partial charge in [0.05, 0.1) is 5.52 Å². The molecule has 0 radical (unpaired) electrons. The Balaban J connectivity index is 2.19. The molecule has 4 heteroatoms.